The van der Waals surface area contributed by atoms with Crippen LogP contribution in [0.3, 0.4) is 0 Å². The highest BCUT2D eigenvalue weighted by atomic mass is 79.9. The minimum Gasteiger partial charge on any atom is -0.463 e. The molecule has 0 bridgehead atoms. The van der Waals surface area contributed by atoms with Crippen molar-refractivity contribution in [1.29, 1.82) is 0 Å². The minimum absolute atomic E-state index is 0.112. The van der Waals surface area contributed by atoms with Crippen molar-refractivity contribution in [2.24, 2.45) is 5.41 Å². The molecule has 1 unspecified atom stereocenters. The summed E-state index contributed by atoms with van der Waals surface area (Å²) in [7, 11) is 3.40. The number of benzene rings is 1. The molecule has 0 spiro atoms. The van der Waals surface area contributed by atoms with Gasteiger partial charge in [-0.2, -0.15) is 9.97 Å². The Balaban J connectivity index is 1.74. The number of hydrogen-bond acceptors (Lipinski definition) is 6. The van der Waals surface area contributed by atoms with E-state index in [2.05, 4.69) is 25.9 Å². The topological polar surface area (TPSA) is 61.7 Å². The van der Waals surface area contributed by atoms with Gasteiger partial charge in [0, 0.05) is 31.4 Å². The molecule has 2 atom stereocenters. The Morgan fingerprint density at radius 1 is 1.28 bits per heavy atom. The molecule has 2 fully saturated rings. The SMILES string of the molecule is CN(C)C[C@@]1(COc2nc(N3CCCC(C)(O)C3)c3cc(F)c(Br)c(F)c3n2)CC1(F)F. The Morgan fingerprint density at radius 2 is 1.97 bits per heavy atom. The van der Waals surface area contributed by atoms with E-state index in [9.17, 15) is 22.7 Å². The predicted octanol–water partition coefficient (Wildman–Crippen LogP) is 3.99. The van der Waals surface area contributed by atoms with Crippen LogP contribution >= 0.6 is 15.9 Å². The largest absolute Gasteiger partial charge is 0.463 e. The van der Waals surface area contributed by atoms with Gasteiger partial charge in [-0.15, -0.1) is 0 Å². The number of aromatic nitrogens is 2. The van der Waals surface area contributed by atoms with Crippen LogP contribution in [0, 0.1) is 17.0 Å². The summed E-state index contributed by atoms with van der Waals surface area (Å²) in [5.41, 5.74) is -2.56. The Kier molecular flexibility index (Phi) is 5.82. The standard InChI is InChI=1S/C21H25BrF4N4O2/c1-19(31)5-4-6-30(9-19)17-12-7-13(23)14(22)15(24)16(12)27-18(28-17)32-11-20(10-29(2)3)8-21(20,25)26/h7,31H,4-6,8-11H2,1-3H3/t19?,20-/m1/s1. The molecule has 1 saturated heterocycles. The summed E-state index contributed by atoms with van der Waals surface area (Å²) in [6, 6.07) is 0.851. The lowest BCUT2D eigenvalue weighted by Crippen LogP contribution is -2.46. The van der Waals surface area contributed by atoms with Crippen LogP contribution in [-0.2, 0) is 0 Å². The first-order chi connectivity index (χ1) is 14.8. The molecule has 2 aromatic rings. The molecule has 1 aliphatic heterocycles. The predicted molar refractivity (Wildman–Crippen MR) is 115 cm³/mol. The molecular weight excluding hydrogens is 496 g/mol. The average molecular weight is 521 g/mol. The van der Waals surface area contributed by atoms with Gasteiger partial charge in [0.15, 0.2) is 5.82 Å². The highest BCUT2D eigenvalue weighted by molar-refractivity contribution is 9.10. The molecular formula is C21H25BrF4N4O2. The number of nitrogens with zero attached hydrogens (tertiary/aromatic N) is 4. The molecule has 2 heterocycles. The van der Waals surface area contributed by atoms with Crippen molar-refractivity contribution in [2.75, 3.05) is 45.2 Å². The molecule has 11 heteroatoms. The monoisotopic (exact) mass is 520 g/mol. The van der Waals surface area contributed by atoms with Gasteiger partial charge >= 0.3 is 6.01 Å². The summed E-state index contributed by atoms with van der Waals surface area (Å²) >= 11 is 2.88. The van der Waals surface area contributed by atoms with Crippen LogP contribution in [0.2, 0.25) is 0 Å². The maximum atomic E-state index is 14.9. The highest BCUT2D eigenvalue weighted by Crippen LogP contribution is 2.60. The minimum atomic E-state index is -2.88. The van der Waals surface area contributed by atoms with E-state index in [0.717, 1.165) is 6.07 Å². The first kappa shape index (κ1) is 23.4. The number of anilines is 1. The fourth-order valence-corrected chi connectivity index (χ4v) is 4.71. The van der Waals surface area contributed by atoms with Crippen LogP contribution in [0.4, 0.5) is 23.4 Å². The lowest BCUT2D eigenvalue weighted by molar-refractivity contribution is 0.0287. The van der Waals surface area contributed by atoms with Crippen LogP contribution in [0.5, 0.6) is 6.01 Å². The Labute approximate surface area is 191 Å². The zero-order valence-electron chi connectivity index (χ0n) is 18.1. The van der Waals surface area contributed by atoms with E-state index in [1.807, 2.05) is 0 Å². The lowest BCUT2D eigenvalue weighted by atomic mass is 9.95. The van der Waals surface area contributed by atoms with Crippen LogP contribution in [0.15, 0.2) is 10.5 Å². The number of aliphatic hydroxyl groups is 1. The molecule has 32 heavy (non-hydrogen) atoms. The van der Waals surface area contributed by atoms with E-state index in [1.54, 1.807) is 30.8 Å². The number of rotatable bonds is 6. The zero-order valence-corrected chi connectivity index (χ0v) is 19.6. The number of alkyl halides is 2. The first-order valence-electron chi connectivity index (χ1n) is 10.3. The summed E-state index contributed by atoms with van der Waals surface area (Å²) < 4.78 is 62.6. The second-order valence-electron chi connectivity index (χ2n) is 9.42. The van der Waals surface area contributed by atoms with Gasteiger partial charge in [0.25, 0.3) is 5.92 Å². The van der Waals surface area contributed by atoms with Crippen molar-refractivity contribution in [3.05, 3.63) is 22.2 Å². The summed E-state index contributed by atoms with van der Waals surface area (Å²) in [5.74, 6) is -4.43. The molecule has 4 rings (SSSR count). The first-order valence-corrected chi connectivity index (χ1v) is 11.1. The highest BCUT2D eigenvalue weighted by Gasteiger charge is 2.71. The third kappa shape index (κ3) is 4.26. The average Bonchev–Trinajstić information content (AvgIpc) is 3.22. The van der Waals surface area contributed by atoms with Gasteiger partial charge in [-0.1, -0.05) is 0 Å². The van der Waals surface area contributed by atoms with E-state index in [0.29, 0.717) is 19.4 Å². The van der Waals surface area contributed by atoms with Gasteiger partial charge in [-0.25, -0.2) is 17.6 Å². The molecule has 6 nitrogen and oxygen atoms in total. The number of hydrogen-bond donors (Lipinski definition) is 1. The van der Waals surface area contributed by atoms with Crippen molar-refractivity contribution in [3.63, 3.8) is 0 Å². The van der Waals surface area contributed by atoms with Gasteiger partial charge in [0.2, 0.25) is 0 Å². The van der Waals surface area contributed by atoms with Crippen LogP contribution in [-0.4, -0.2) is 71.8 Å². The van der Waals surface area contributed by atoms with Gasteiger partial charge < -0.3 is 19.6 Å². The Hall–Kier alpha value is -1.72. The fourth-order valence-electron chi connectivity index (χ4n) is 4.41. The number of fused-ring (bicyclic) bond motifs is 1. The van der Waals surface area contributed by atoms with Crippen LogP contribution < -0.4 is 9.64 Å². The second kappa shape index (κ2) is 7.95. The maximum Gasteiger partial charge on any atom is 0.319 e. The number of ether oxygens (including phenoxy) is 1. The second-order valence-corrected chi connectivity index (χ2v) is 10.2. The summed E-state index contributed by atoms with van der Waals surface area (Å²) in [4.78, 5) is 11.8. The lowest BCUT2D eigenvalue weighted by Gasteiger charge is -2.38. The van der Waals surface area contributed by atoms with E-state index in [4.69, 9.17) is 4.74 Å². The quantitative estimate of drug-likeness (QED) is 0.459. The molecule has 1 aliphatic carbocycles. The van der Waals surface area contributed by atoms with Crippen molar-refractivity contribution in [3.8, 4) is 6.01 Å². The normalized spacial score (nSPS) is 27.2. The summed E-state index contributed by atoms with van der Waals surface area (Å²) in [5, 5.41) is 10.6. The van der Waals surface area contributed by atoms with E-state index < -0.39 is 28.6 Å². The molecule has 1 aromatic heterocycles. The zero-order chi connectivity index (χ0) is 23.5. The molecule has 2 aliphatic rings. The van der Waals surface area contributed by atoms with Crippen molar-refractivity contribution < 1.29 is 27.4 Å². The van der Waals surface area contributed by atoms with Gasteiger partial charge in [-0.3, -0.25) is 0 Å². The van der Waals surface area contributed by atoms with Crippen LogP contribution in [0.1, 0.15) is 26.2 Å². The van der Waals surface area contributed by atoms with E-state index >= 15 is 0 Å². The molecule has 176 valence electrons. The van der Waals surface area contributed by atoms with Crippen LogP contribution in [0.25, 0.3) is 10.9 Å². The Bertz CT molecular complexity index is 1050. The summed E-state index contributed by atoms with van der Waals surface area (Å²) in [6.45, 7) is 2.15. The van der Waals surface area contributed by atoms with Gasteiger partial charge in [-0.05, 0) is 55.9 Å². The third-order valence-electron chi connectivity index (χ3n) is 6.07. The molecule has 1 saturated carbocycles. The maximum absolute atomic E-state index is 14.9. The number of β-amino-alcohol motifs (C(OH)–C–C–N with tert-alkyl or cyclic N) is 1. The van der Waals surface area contributed by atoms with Gasteiger partial charge in [0.05, 0.1) is 15.5 Å². The Morgan fingerprint density at radius 3 is 2.56 bits per heavy atom. The number of halogens is 5. The van der Waals surface area contributed by atoms with E-state index in [1.165, 1.54) is 0 Å². The number of piperidine rings is 1. The van der Waals surface area contributed by atoms with Crippen molar-refractivity contribution >= 4 is 32.7 Å². The molecule has 1 aromatic carbocycles. The summed E-state index contributed by atoms with van der Waals surface area (Å²) in [6.07, 6.45) is 0.902. The van der Waals surface area contributed by atoms with E-state index in [-0.39, 0.29) is 53.3 Å². The van der Waals surface area contributed by atoms with Crippen molar-refractivity contribution in [2.45, 2.75) is 37.7 Å². The molecule has 0 radical (unpaired) electrons. The smallest absolute Gasteiger partial charge is 0.319 e. The molecule has 1 N–H and O–H groups in total. The molecule has 0 amide bonds. The third-order valence-corrected chi connectivity index (χ3v) is 6.80. The van der Waals surface area contributed by atoms with Crippen molar-refractivity contribution in [1.82, 2.24) is 14.9 Å². The fraction of sp³-hybridized carbons (Fsp3) is 0.619. The van der Waals surface area contributed by atoms with Gasteiger partial charge in [0.1, 0.15) is 23.8 Å².